The second kappa shape index (κ2) is 5.50. The van der Waals surface area contributed by atoms with Crippen LogP contribution in [0.25, 0.3) is 0 Å². The molecule has 0 aliphatic heterocycles. The van der Waals surface area contributed by atoms with Gasteiger partial charge in [0.15, 0.2) is 0 Å². The molecular formula is C6H12N2O4. The smallest absolute Gasteiger partial charge is 0.320 e. The van der Waals surface area contributed by atoms with Crippen LogP contribution < -0.4 is 5.73 Å². The van der Waals surface area contributed by atoms with Gasteiger partial charge in [-0.15, -0.1) is 0 Å². The van der Waals surface area contributed by atoms with Crippen molar-refractivity contribution in [1.29, 1.82) is 0 Å². The van der Waals surface area contributed by atoms with Crippen LogP contribution in [0.2, 0.25) is 0 Å². The van der Waals surface area contributed by atoms with Crippen LogP contribution in [0.1, 0.15) is 12.8 Å². The molecule has 0 unspecified atom stereocenters. The zero-order chi connectivity index (χ0) is 9.56. The number of carbonyl (C=O) groups excluding carboxylic acids is 1. The van der Waals surface area contributed by atoms with Crippen LogP contribution in [0.5, 0.6) is 0 Å². The highest BCUT2D eigenvalue weighted by Crippen LogP contribution is 1.95. The second-order valence-corrected chi connectivity index (χ2v) is 2.36. The molecule has 0 aromatic heterocycles. The van der Waals surface area contributed by atoms with Crippen molar-refractivity contribution in [2.75, 3.05) is 6.54 Å². The summed E-state index contributed by atoms with van der Waals surface area (Å²) < 4.78 is 0. The lowest BCUT2D eigenvalue weighted by molar-refractivity contribution is -0.150. The Labute approximate surface area is 69.5 Å². The summed E-state index contributed by atoms with van der Waals surface area (Å²) in [5, 5.41) is 17.4. The maximum atomic E-state index is 10.2. The van der Waals surface area contributed by atoms with Crippen molar-refractivity contribution < 1.29 is 19.9 Å². The molecule has 0 saturated carbocycles. The molecule has 0 aromatic rings. The van der Waals surface area contributed by atoms with E-state index in [9.17, 15) is 9.59 Å². The normalized spacial score (nSPS) is 12.2. The van der Waals surface area contributed by atoms with Crippen LogP contribution in [-0.2, 0) is 9.59 Å². The van der Waals surface area contributed by atoms with E-state index in [1.54, 1.807) is 0 Å². The molecule has 0 aliphatic carbocycles. The average molecular weight is 176 g/mol. The molecule has 0 fully saturated rings. The van der Waals surface area contributed by atoms with E-state index in [-0.39, 0.29) is 19.4 Å². The lowest BCUT2D eigenvalue weighted by Crippen LogP contribution is -2.31. The van der Waals surface area contributed by atoms with Crippen molar-refractivity contribution in [3.63, 3.8) is 0 Å². The zero-order valence-electron chi connectivity index (χ0n) is 6.51. The number of carboxylic acids is 1. The third-order valence-electron chi connectivity index (χ3n) is 1.34. The number of rotatable bonds is 6. The summed E-state index contributed by atoms with van der Waals surface area (Å²) in [5.74, 6) is -1.08. The molecule has 0 radical (unpaired) electrons. The average Bonchev–Trinajstić information content (AvgIpc) is 2.03. The van der Waals surface area contributed by atoms with Gasteiger partial charge in [0.05, 0.1) is 0 Å². The first kappa shape index (κ1) is 10.9. The van der Waals surface area contributed by atoms with Gasteiger partial charge in [0, 0.05) is 6.54 Å². The summed E-state index contributed by atoms with van der Waals surface area (Å²) in [4.78, 5) is 20.0. The third kappa shape index (κ3) is 4.64. The van der Waals surface area contributed by atoms with Crippen molar-refractivity contribution in [2.24, 2.45) is 5.73 Å². The number of hydroxylamine groups is 2. The van der Waals surface area contributed by atoms with Gasteiger partial charge in [-0.3, -0.25) is 14.8 Å². The van der Waals surface area contributed by atoms with Gasteiger partial charge in [-0.1, -0.05) is 0 Å². The summed E-state index contributed by atoms with van der Waals surface area (Å²) in [7, 11) is 0. The van der Waals surface area contributed by atoms with E-state index in [0.717, 1.165) is 0 Å². The van der Waals surface area contributed by atoms with E-state index in [1.165, 1.54) is 0 Å². The van der Waals surface area contributed by atoms with Crippen LogP contribution in [0, 0.1) is 0 Å². The van der Waals surface area contributed by atoms with E-state index in [0.29, 0.717) is 11.5 Å². The van der Waals surface area contributed by atoms with Crippen LogP contribution >= 0.6 is 0 Å². The van der Waals surface area contributed by atoms with Gasteiger partial charge >= 0.3 is 5.97 Å². The van der Waals surface area contributed by atoms with Crippen molar-refractivity contribution in [1.82, 2.24) is 5.06 Å². The molecule has 4 N–H and O–H groups in total. The van der Waals surface area contributed by atoms with Crippen LogP contribution in [0.3, 0.4) is 0 Å². The molecule has 0 aromatic carbocycles. The van der Waals surface area contributed by atoms with Crippen LogP contribution in [0.4, 0.5) is 0 Å². The summed E-state index contributed by atoms with van der Waals surface area (Å²) in [6, 6.07) is -0.926. The summed E-state index contributed by atoms with van der Waals surface area (Å²) in [6.45, 7) is 0.102. The van der Waals surface area contributed by atoms with E-state index in [1.807, 2.05) is 0 Å². The summed E-state index contributed by atoms with van der Waals surface area (Å²) in [5.41, 5.74) is 5.16. The fourth-order valence-corrected chi connectivity index (χ4v) is 0.649. The quantitative estimate of drug-likeness (QED) is 0.274. The van der Waals surface area contributed by atoms with Gasteiger partial charge in [-0.25, -0.2) is 5.06 Å². The number of amides is 1. The molecule has 0 heterocycles. The molecule has 1 amide bonds. The zero-order valence-corrected chi connectivity index (χ0v) is 6.51. The molecular weight excluding hydrogens is 164 g/mol. The molecule has 0 spiro atoms. The maximum Gasteiger partial charge on any atom is 0.320 e. The first-order valence-electron chi connectivity index (χ1n) is 3.47. The number of carbonyl (C=O) groups is 2. The number of carboxylic acid groups (broad SMARTS) is 1. The van der Waals surface area contributed by atoms with Crippen molar-refractivity contribution in [3.05, 3.63) is 0 Å². The molecule has 0 rings (SSSR count). The van der Waals surface area contributed by atoms with Gasteiger partial charge in [-0.05, 0) is 12.8 Å². The van der Waals surface area contributed by atoms with Crippen molar-refractivity contribution in [3.8, 4) is 0 Å². The Bertz CT molecular complexity index is 162. The Hall–Kier alpha value is -1.14. The van der Waals surface area contributed by atoms with E-state index < -0.39 is 12.0 Å². The molecule has 6 heteroatoms. The standard InChI is InChI=1S/C6H12N2O4/c7-5(6(10)11)2-1-3-8(12)4-9/h4-5,12H,1-3,7H2,(H,10,11)/t5-/m0/s1. The Morgan fingerprint density at radius 3 is 2.67 bits per heavy atom. The predicted molar refractivity (Wildman–Crippen MR) is 39.4 cm³/mol. The molecule has 1 atom stereocenters. The fourth-order valence-electron chi connectivity index (χ4n) is 0.649. The minimum absolute atomic E-state index is 0.102. The first-order chi connectivity index (χ1) is 5.57. The van der Waals surface area contributed by atoms with E-state index in [4.69, 9.17) is 16.0 Å². The van der Waals surface area contributed by atoms with Gasteiger partial charge in [-0.2, -0.15) is 0 Å². The SMILES string of the molecule is N[C@@H](CCCN(O)C=O)C(=O)O. The maximum absolute atomic E-state index is 10.2. The summed E-state index contributed by atoms with van der Waals surface area (Å²) in [6.07, 6.45) is 0.856. The fraction of sp³-hybridized carbons (Fsp3) is 0.667. The number of hydrogen-bond donors (Lipinski definition) is 3. The number of hydrogen-bond acceptors (Lipinski definition) is 4. The van der Waals surface area contributed by atoms with Gasteiger partial charge in [0.1, 0.15) is 6.04 Å². The van der Waals surface area contributed by atoms with Crippen molar-refractivity contribution >= 4 is 12.4 Å². The van der Waals surface area contributed by atoms with Gasteiger partial charge in [0.25, 0.3) is 0 Å². The van der Waals surface area contributed by atoms with Gasteiger partial charge < -0.3 is 10.8 Å². The molecule has 0 bridgehead atoms. The topological polar surface area (TPSA) is 104 Å². The molecule has 0 aliphatic rings. The first-order valence-corrected chi connectivity index (χ1v) is 3.47. The van der Waals surface area contributed by atoms with Crippen LogP contribution in [0.15, 0.2) is 0 Å². The van der Waals surface area contributed by atoms with Crippen molar-refractivity contribution in [2.45, 2.75) is 18.9 Å². The molecule has 70 valence electrons. The number of nitrogens with zero attached hydrogens (tertiary/aromatic N) is 1. The predicted octanol–water partition coefficient (Wildman–Crippen LogP) is -0.974. The Balaban J connectivity index is 3.43. The monoisotopic (exact) mass is 176 g/mol. The number of aliphatic carboxylic acids is 1. The summed E-state index contributed by atoms with van der Waals surface area (Å²) >= 11 is 0. The Morgan fingerprint density at radius 2 is 2.25 bits per heavy atom. The highest BCUT2D eigenvalue weighted by molar-refractivity contribution is 5.72. The second-order valence-electron chi connectivity index (χ2n) is 2.36. The molecule has 6 nitrogen and oxygen atoms in total. The number of nitrogens with two attached hydrogens (primary N) is 1. The lowest BCUT2D eigenvalue weighted by atomic mass is 10.2. The largest absolute Gasteiger partial charge is 0.480 e. The Kier molecular flexibility index (Phi) is 4.98. The molecule has 0 saturated heterocycles. The third-order valence-corrected chi connectivity index (χ3v) is 1.34. The minimum atomic E-state index is -1.08. The highest BCUT2D eigenvalue weighted by atomic mass is 16.5. The van der Waals surface area contributed by atoms with Crippen LogP contribution in [-0.4, -0.2) is 40.3 Å². The van der Waals surface area contributed by atoms with Gasteiger partial charge in [0.2, 0.25) is 6.41 Å². The highest BCUT2D eigenvalue weighted by Gasteiger charge is 2.10. The minimum Gasteiger partial charge on any atom is -0.480 e. The molecule has 12 heavy (non-hydrogen) atoms. The van der Waals surface area contributed by atoms with E-state index >= 15 is 0 Å². The van der Waals surface area contributed by atoms with E-state index in [2.05, 4.69) is 0 Å². The Morgan fingerprint density at radius 1 is 1.67 bits per heavy atom. The lowest BCUT2D eigenvalue weighted by Gasteiger charge is -2.09.